The number of nitrogens with zero attached hydrogens (tertiary/aromatic N) is 1. The molecule has 3 rings (SSSR count). The van der Waals surface area contributed by atoms with Crippen LogP contribution in [0.4, 0.5) is 4.79 Å². The van der Waals surface area contributed by atoms with Gasteiger partial charge in [-0.25, -0.2) is 4.79 Å². The first-order valence-electron chi connectivity index (χ1n) is 9.34. The van der Waals surface area contributed by atoms with Gasteiger partial charge in [0.15, 0.2) is 0 Å². The fourth-order valence-electron chi connectivity index (χ4n) is 4.16. The third-order valence-corrected chi connectivity index (χ3v) is 5.35. The molecule has 0 unspecified atom stereocenters. The average molecular weight is 381 g/mol. The van der Waals surface area contributed by atoms with Crippen LogP contribution in [0.5, 0.6) is 0 Å². The molecule has 1 saturated heterocycles. The fourth-order valence-corrected chi connectivity index (χ4v) is 4.44. The molecular formula is C20H29ClN2O3. The van der Waals surface area contributed by atoms with Crippen molar-refractivity contribution in [1.29, 1.82) is 0 Å². The molecule has 1 aliphatic carbocycles. The Hall–Kier alpha value is -1.30. The highest BCUT2D eigenvalue weighted by Gasteiger charge is 2.38. The number of likely N-dealkylation sites (tertiary alicyclic amines) is 1. The van der Waals surface area contributed by atoms with Gasteiger partial charge in [-0.15, -0.1) is 0 Å². The molecule has 3 atom stereocenters. The maximum absolute atomic E-state index is 12.1. The van der Waals surface area contributed by atoms with Gasteiger partial charge >= 0.3 is 6.09 Å². The molecule has 1 amide bonds. The van der Waals surface area contributed by atoms with E-state index in [0.29, 0.717) is 18.0 Å². The lowest BCUT2D eigenvalue weighted by Gasteiger charge is -2.38. The first-order chi connectivity index (χ1) is 12.1. The second-order valence-electron chi connectivity index (χ2n) is 8.49. The number of rotatable bonds is 2. The Balaban J connectivity index is 1.72. The third kappa shape index (κ3) is 4.33. The number of hydrogen-bond donors (Lipinski definition) is 2. The molecule has 0 spiro atoms. The number of aryl methyl sites for hydroxylation is 1. The lowest BCUT2D eigenvalue weighted by atomic mass is 9.98. The van der Waals surface area contributed by atoms with E-state index in [-0.39, 0.29) is 18.2 Å². The molecule has 5 nitrogen and oxygen atoms in total. The van der Waals surface area contributed by atoms with Crippen molar-refractivity contribution < 1.29 is 14.6 Å². The Morgan fingerprint density at radius 1 is 1.38 bits per heavy atom. The summed E-state index contributed by atoms with van der Waals surface area (Å²) in [6.45, 7) is 9.22. The molecule has 2 aliphatic rings. The minimum absolute atomic E-state index is 0.0233. The summed E-state index contributed by atoms with van der Waals surface area (Å²) in [6.07, 6.45) is 1.72. The van der Waals surface area contributed by atoms with Gasteiger partial charge in [-0.1, -0.05) is 11.6 Å². The Morgan fingerprint density at radius 3 is 2.81 bits per heavy atom. The van der Waals surface area contributed by atoms with Crippen molar-refractivity contribution in [2.45, 2.75) is 70.7 Å². The molecule has 6 heteroatoms. The highest BCUT2D eigenvalue weighted by Crippen LogP contribution is 2.40. The molecule has 1 aliphatic heterocycles. The number of carbonyl (C=O) groups excluding carboxylic acids is 1. The van der Waals surface area contributed by atoms with Gasteiger partial charge in [0.05, 0.1) is 12.1 Å². The summed E-state index contributed by atoms with van der Waals surface area (Å²) in [4.78, 5) is 14.4. The summed E-state index contributed by atoms with van der Waals surface area (Å²) < 4.78 is 5.37. The van der Waals surface area contributed by atoms with E-state index in [4.69, 9.17) is 16.3 Å². The largest absolute Gasteiger partial charge is 0.444 e. The van der Waals surface area contributed by atoms with Crippen LogP contribution in [-0.2, 0) is 11.2 Å². The summed E-state index contributed by atoms with van der Waals surface area (Å²) in [7, 11) is 0. The fraction of sp³-hybridized carbons (Fsp3) is 0.650. The van der Waals surface area contributed by atoms with Gasteiger partial charge in [-0.2, -0.15) is 0 Å². The van der Waals surface area contributed by atoms with Crippen LogP contribution in [0.3, 0.4) is 0 Å². The minimum atomic E-state index is -0.507. The van der Waals surface area contributed by atoms with Gasteiger partial charge in [0.1, 0.15) is 5.60 Å². The van der Waals surface area contributed by atoms with Crippen LogP contribution in [0.25, 0.3) is 0 Å². The van der Waals surface area contributed by atoms with E-state index in [1.807, 2.05) is 39.8 Å². The number of benzene rings is 1. The lowest BCUT2D eigenvalue weighted by Crippen LogP contribution is -2.50. The van der Waals surface area contributed by atoms with Crippen molar-refractivity contribution in [3.63, 3.8) is 0 Å². The van der Waals surface area contributed by atoms with Crippen molar-refractivity contribution in [2.75, 3.05) is 13.1 Å². The first-order valence-corrected chi connectivity index (χ1v) is 9.72. The first kappa shape index (κ1) is 19.5. The maximum atomic E-state index is 12.1. The summed E-state index contributed by atoms with van der Waals surface area (Å²) in [5.74, 6) is 0. The van der Waals surface area contributed by atoms with Crippen molar-refractivity contribution in [2.24, 2.45) is 0 Å². The quantitative estimate of drug-likeness (QED) is 0.823. The highest BCUT2D eigenvalue weighted by molar-refractivity contribution is 6.30. The predicted molar refractivity (Wildman–Crippen MR) is 103 cm³/mol. The molecule has 1 aromatic rings. The highest BCUT2D eigenvalue weighted by atomic mass is 35.5. The number of nitrogens with one attached hydrogen (secondary N) is 1. The van der Waals surface area contributed by atoms with Gasteiger partial charge in [0.2, 0.25) is 0 Å². The van der Waals surface area contributed by atoms with E-state index < -0.39 is 11.7 Å². The molecule has 1 aromatic carbocycles. The minimum Gasteiger partial charge on any atom is -0.444 e. The molecule has 0 aromatic heterocycles. The van der Waals surface area contributed by atoms with Gasteiger partial charge < -0.3 is 15.2 Å². The third-order valence-electron chi connectivity index (χ3n) is 5.14. The van der Waals surface area contributed by atoms with Crippen LogP contribution < -0.4 is 5.32 Å². The van der Waals surface area contributed by atoms with Gasteiger partial charge in [0.25, 0.3) is 0 Å². The van der Waals surface area contributed by atoms with E-state index in [0.717, 1.165) is 30.5 Å². The molecule has 26 heavy (non-hydrogen) atoms. The van der Waals surface area contributed by atoms with E-state index in [1.54, 1.807) is 0 Å². The normalized spacial score (nSPS) is 26.5. The molecule has 0 saturated carbocycles. The van der Waals surface area contributed by atoms with Gasteiger partial charge in [0, 0.05) is 24.0 Å². The van der Waals surface area contributed by atoms with Crippen LogP contribution in [0.1, 0.15) is 56.3 Å². The molecule has 1 heterocycles. The number of alkyl carbamates (subject to hydrolysis) is 1. The van der Waals surface area contributed by atoms with E-state index in [2.05, 4.69) is 10.2 Å². The van der Waals surface area contributed by atoms with E-state index >= 15 is 0 Å². The second-order valence-corrected chi connectivity index (χ2v) is 8.92. The van der Waals surface area contributed by atoms with E-state index in [9.17, 15) is 9.90 Å². The summed E-state index contributed by atoms with van der Waals surface area (Å²) >= 11 is 6.27. The van der Waals surface area contributed by atoms with Crippen molar-refractivity contribution in [1.82, 2.24) is 10.2 Å². The molecule has 1 fully saturated rings. The summed E-state index contributed by atoms with van der Waals surface area (Å²) in [6, 6.07) is 3.90. The number of aliphatic hydroxyl groups excluding tert-OH is 1. The lowest BCUT2D eigenvalue weighted by molar-refractivity contribution is 0.0302. The zero-order valence-corrected chi connectivity index (χ0v) is 16.8. The molecule has 2 N–H and O–H groups in total. The van der Waals surface area contributed by atoms with Crippen molar-refractivity contribution in [3.05, 3.63) is 33.8 Å². The number of piperidine rings is 1. The number of amides is 1. The van der Waals surface area contributed by atoms with Gasteiger partial charge in [-0.3, -0.25) is 4.90 Å². The summed E-state index contributed by atoms with van der Waals surface area (Å²) in [5, 5.41) is 14.4. The Bertz CT molecular complexity index is 686. The number of halogens is 1. The van der Waals surface area contributed by atoms with E-state index in [1.165, 1.54) is 5.56 Å². The van der Waals surface area contributed by atoms with Gasteiger partial charge in [-0.05, 0) is 75.9 Å². The van der Waals surface area contributed by atoms with Crippen molar-refractivity contribution >= 4 is 17.7 Å². The van der Waals surface area contributed by atoms with Crippen LogP contribution in [0.2, 0.25) is 5.02 Å². The number of carbonyl (C=O) groups is 1. The Labute approximate surface area is 160 Å². The average Bonchev–Trinajstić information content (AvgIpc) is 2.82. The van der Waals surface area contributed by atoms with Crippen LogP contribution in [0.15, 0.2) is 12.1 Å². The standard InChI is InChI=1S/C20H29ClN2O3/c1-12-8-13(21)9-16-15(12)10-17(24)18(16)23-7-5-6-14(11-23)22-19(25)26-20(2,3)4/h8-9,14,17-18,24H,5-7,10-11H2,1-4H3,(H,22,25)/t14-,17-,18-/m1/s1. The Morgan fingerprint density at radius 2 is 2.12 bits per heavy atom. The molecule has 0 bridgehead atoms. The van der Waals surface area contributed by atoms with Crippen LogP contribution in [-0.4, -0.2) is 46.9 Å². The zero-order chi connectivity index (χ0) is 19.1. The SMILES string of the molecule is Cc1cc(Cl)cc2c1C[C@@H](O)[C@@H]2N1CCC[C@@H](NC(=O)OC(C)(C)C)C1. The predicted octanol–water partition coefficient (Wildman–Crippen LogP) is 3.60. The number of hydrogen-bond acceptors (Lipinski definition) is 4. The maximum Gasteiger partial charge on any atom is 0.407 e. The topological polar surface area (TPSA) is 61.8 Å². The van der Waals surface area contributed by atoms with Crippen molar-refractivity contribution in [3.8, 4) is 0 Å². The number of fused-ring (bicyclic) bond motifs is 1. The molecule has 0 radical (unpaired) electrons. The molecular weight excluding hydrogens is 352 g/mol. The number of aliphatic hydroxyl groups is 1. The molecule has 144 valence electrons. The smallest absolute Gasteiger partial charge is 0.407 e. The zero-order valence-electron chi connectivity index (χ0n) is 16.0. The number of ether oxygens (including phenoxy) is 1. The van der Waals surface area contributed by atoms with Crippen LogP contribution >= 0.6 is 11.6 Å². The second kappa shape index (κ2) is 7.37. The monoisotopic (exact) mass is 380 g/mol. The summed E-state index contributed by atoms with van der Waals surface area (Å²) in [5.41, 5.74) is 2.96. The Kier molecular flexibility index (Phi) is 5.52. The van der Waals surface area contributed by atoms with Crippen LogP contribution in [0, 0.1) is 6.92 Å².